The molecule has 22 heavy (non-hydrogen) atoms. The van der Waals surface area contributed by atoms with E-state index in [0.29, 0.717) is 31.0 Å². The fourth-order valence-corrected chi connectivity index (χ4v) is 1.92. The number of benzene rings is 1. The first-order valence-electron chi connectivity index (χ1n) is 6.71. The second-order valence-electron chi connectivity index (χ2n) is 3.75. The maximum atomic E-state index is 10.6. The predicted octanol–water partition coefficient (Wildman–Crippen LogP) is 3.35. The van der Waals surface area contributed by atoms with Crippen LogP contribution in [0.2, 0.25) is 0 Å². The molecule has 0 saturated heterocycles. The largest absolute Gasteiger partial charge is 0.380 e. The lowest BCUT2D eigenvalue weighted by molar-refractivity contribution is -0.384. The molecule has 8 nitrogen and oxygen atoms in total. The van der Waals surface area contributed by atoms with Crippen molar-refractivity contribution in [3.8, 4) is 6.07 Å². The molecule has 0 aliphatic heterocycles. The van der Waals surface area contributed by atoms with E-state index in [-0.39, 0.29) is 5.69 Å². The molecule has 0 radical (unpaired) electrons. The Hall–Kier alpha value is -1.94. The van der Waals surface area contributed by atoms with Crippen LogP contribution in [0.4, 0.5) is 11.4 Å². The van der Waals surface area contributed by atoms with Crippen LogP contribution < -0.4 is 5.32 Å². The summed E-state index contributed by atoms with van der Waals surface area (Å²) in [6.45, 7) is 6.92. The average molecular weight is 329 g/mol. The number of hydrogen-bond acceptors (Lipinski definition) is 7. The fraction of sp³-hybridized carbons (Fsp3) is 0.462. The Bertz CT molecular complexity index is 537. The minimum Gasteiger partial charge on any atom is -0.380 e. The normalized spacial score (nSPS) is 9.59. The number of anilines is 1. The zero-order valence-electron chi connectivity index (χ0n) is 12.8. The highest BCUT2D eigenvalue weighted by Gasteiger charge is 2.13. The number of rotatable bonds is 7. The summed E-state index contributed by atoms with van der Waals surface area (Å²) in [6, 6.07) is 6.21. The number of nitrogens with one attached hydrogen (secondary N) is 1. The second kappa shape index (κ2) is 11.7. The molecule has 0 aliphatic rings. The van der Waals surface area contributed by atoms with Crippen molar-refractivity contribution in [1.82, 2.24) is 0 Å². The second-order valence-corrected chi connectivity index (χ2v) is 4.82. The molecule has 1 aromatic carbocycles. The maximum Gasteiger partial charge on any atom is 0.319 e. The molecule has 0 atom stereocenters. The molecule has 0 unspecified atom stereocenters. The molecule has 122 valence electrons. The molecular formula is C13H20N3O5P. The first kappa shape index (κ1) is 20.1. The first-order valence-corrected chi connectivity index (χ1v) is 7.94. The SMILES string of the molecule is CCNc1ccc(C#N)cc1[N+](=O)[O-].CCO[PH](=O)OCC. The summed E-state index contributed by atoms with van der Waals surface area (Å²) in [7, 11) is -2.14. The van der Waals surface area contributed by atoms with Gasteiger partial charge in [-0.15, -0.1) is 0 Å². The highest BCUT2D eigenvalue weighted by Crippen LogP contribution is 2.24. The lowest BCUT2D eigenvalue weighted by Crippen LogP contribution is -2.01. The summed E-state index contributed by atoms with van der Waals surface area (Å²) < 4.78 is 19.6. The van der Waals surface area contributed by atoms with Crippen LogP contribution in [0.3, 0.4) is 0 Å². The monoisotopic (exact) mass is 329 g/mol. The van der Waals surface area contributed by atoms with Crippen LogP contribution in [0.25, 0.3) is 0 Å². The molecule has 1 rings (SSSR count). The minimum absolute atomic E-state index is 0.0640. The van der Waals surface area contributed by atoms with Gasteiger partial charge in [0.1, 0.15) is 5.69 Å². The molecule has 0 fully saturated rings. The van der Waals surface area contributed by atoms with Crippen molar-refractivity contribution in [3.63, 3.8) is 0 Å². The van der Waals surface area contributed by atoms with E-state index in [4.69, 9.17) is 5.26 Å². The zero-order valence-corrected chi connectivity index (χ0v) is 13.8. The van der Waals surface area contributed by atoms with E-state index in [1.54, 1.807) is 26.0 Å². The summed E-state index contributed by atoms with van der Waals surface area (Å²) in [5, 5.41) is 22.1. The molecule has 0 saturated carbocycles. The van der Waals surface area contributed by atoms with Crippen LogP contribution in [0.5, 0.6) is 0 Å². The van der Waals surface area contributed by atoms with Crippen molar-refractivity contribution >= 4 is 19.6 Å². The standard InChI is InChI=1S/C9H9N3O2.C4H11O3P/c1-2-11-8-4-3-7(6-10)5-9(8)12(13)14;1-3-6-8(5)7-4-2/h3-5,11H,2H2,1H3;8H,3-4H2,1-2H3. The average Bonchev–Trinajstić information content (AvgIpc) is 2.49. The Morgan fingerprint density at radius 2 is 1.91 bits per heavy atom. The molecule has 0 heterocycles. The summed E-state index contributed by atoms with van der Waals surface area (Å²) >= 11 is 0. The van der Waals surface area contributed by atoms with Crippen molar-refractivity contribution in [3.05, 3.63) is 33.9 Å². The number of nitrogens with zero attached hydrogens (tertiary/aromatic N) is 2. The number of hydrogen-bond donors (Lipinski definition) is 1. The third-order valence-corrected chi connectivity index (χ3v) is 3.26. The number of nitro benzene ring substituents is 1. The van der Waals surface area contributed by atoms with Gasteiger partial charge in [0, 0.05) is 12.6 Å². The Labute approximate surface area is 130 Å². The first-order chi connectivity index (χ1) is 10.5. The maximum absolute atomic E-state index is 10.6. The molecular weight excluding hydrogens is 309 g/mol. The van der Waals surface area contributed by atoms with E-state index in [2.05, 4.69) is 14.4 Å². The van der Waals surface area contributed by atoms with E-state index in [9.17, 15) is 14.7 Å². The zero-order chi connectivity index (χ0) is 17.0. The molecule has 0 spiro atoms. The molecule has 0 bridgehead atoms. The number of nitro groups is 1. The van der Waals surface area contributed by atoms with Gasteiger partial charge in [-0.3, -0.25) is 14.7 Å². The Morgan fingerprint density at radius 3 is 2.32 bits per heavy atom. The lowest BCUT2D eigenvalue weighted by Gasteiger charge is -2.03. The van der Waals surface area contributed by atoms with Crippen LogP contribution in [0.1, 0.15) is 26.3 Å². The van der Waals surface area contributed by atoms with Gasteiger partial charge in [0.15, 0.2) is 0 Å². The molecule has 0 amide bonds. The van der Waals surface area contributed by atoms with Gasteiger partial charge in [-0.05, 0) is 32.9 Å². The third kappa shape index (κ3) is 7.74. The topological polar surface area (TPSA) is 114 Å². The van der Waals surface area contributed by atoms with Crippen molar-refractivity contribution in [2.75, 3.05) is 25.1 Å². The molecule has 0 aliphatic carbocycles. The number of nitriles is 1. The Balaban J connectivity index is 0.000000472. The van der Waals surface area contributed by atoms with Crippen LogP contribution in [-0.4, -0.2) is 24.7 Å². The Kier molecular flexibility index (Phi) is 10.7. The van der Waals surface area contributed by atoms with Gasteiger partial charge in [-0.1, -0.05) is 0 Å². The van der Waals surface area contributed by atoms with Crippen molar-refractivity contribution in [2.45, 2.75) is 20.8 Å². The molecule has 9 heteroatoms. The predicted molar refractivity (Wildman–Crippen MR) is 84.2 cm³/mol. The lowest BCUT2D eigenvalue weighted by atomic mass is 10.2. The summed E-state index contributed by atoms with van der Waals surface area (Å²) in [5.74, 6) is 0. The van der Waals surface area contributed by atoms with Gasteiger partial charge in [-0.2, -0.15) is 5.26 Å². The summed E-state index contributed by atoms with van der Waals surface area (Å²) in [5.41, 5.74) is 0.667. The van der Waals surface area contributed by atoms with E-state index >= 15 is 0 Å². The third-order valence-electron chi connectivity index (χ3n) is 2.22. The minimum atomic E-state index is -2.14. The highest BCUT2D eigenvalue weighted by atomic mass is 31.1. The van der Waals surface area contributed by atoms with Crippen molar-refractivity contribution in [2.24, 2.45) is 0 Å². The van der Waals surface area contributed by atoms with E-state index in [1.807, 2.05) is 13.0 Å². The van der Waals surface area contributed by atoms with Crippen molar-refractivity contribution in [1.29, 1.82) is 5.26 Å². The van der Waals surface area contributed by atoms with E-state index in [0.717, 1.165) is 0 Å². The van der Waals surface area contributed by atoms with Gasteiger partial charge < -0.3 is 14.4 Å². The summed E-state index contributed by atoms with van der Waals surface area (Å²) in [6.07, 6.45) is 0. The van der Waals surface area contributed by atoms with Crippen LogP contribution in [0, 0.1) is 21.4 Å². The molecule has 0 aromatic heterocycles. The smallest absolute Gasteiger partial charge is 0.319 e. The van der Waals surface area contributed by atoms with E-state index < -0.39 is 13.2 Å². The van der Waals surface area contributed by atoms with Gasteiger partial charge >= 0.3 is 8.25 Å². The molecule has 1 aromatic rings. The van der Waals surface area contributed by atoms with Crippen LogP contribution in [-0.2, 0) is 13.6 Å². The van der Waals surface area contributed by atoms with Gasteiger partial charge in [0.05, 0.1) is 29.8 Å². The quantitative estimate of drug-likeness (QED) is 0.463. The van der Waals surface area contributed by atoms with Gasteiger partial charge in [0.25, 0.3) is 5.69 Å². The van der Waals surface area contributed by atoms with Gasteiger partial charge in [-0.25, -0.2) is 0 Å². The van der Waals surface area contributed by atoms with E-state index in [1.165, 1.54) is 6.07 Å². The highest BCUT2D eigenvalue weighted by molar-refractivity contribution is 7.33. The summed E-state index contributed by atoms with van der Waals surface area (Å²) in [4.78, 5) is 10.1. The van der Waals surface area contributed by atoms with Gasteiger partial charge in [0.2, 0.25) is 0 Å². The molecule has 1 N–H and O–H groups in total. The van der Waals surface area contributed by atoms with Crippen LogP contribution >= 0.6 is 8.25 Å². The van der Waals surface area contributed by atoms with Crippen molar-refractivity contribution < 1.29 is 18.5 Å². The fourth-order valence-electron chi connectivity index (χ4n) is 1.37. The van der Waals surface area contributed by atoms with Crippen LogP contribution in [0.15, 0.2) is 18.2 Å². The Morgan fingerprint density at radius 1 is 1.32 bits per heavy atom.